The number of carbonyl (C=O) groups excluding carboxylic acids is 2. The molecule has 0 aliphatic heterocycles. The maximum absolute atomic E-state index is 12.5. The van der Waals surface area contributed by atoms with Gasteiger partial charge in [-0.25, -0.2) is 0 Å². The second kappa shape index (κ2) is 9.79. The molecule has 30 heavy (non-hydrogen) atoms. The molecule has 0 bridgehead atoms. The number of unbranched alkanes of at least 4 members (excludes halogenated alkanes) is 3. The van der Waals surface area contributed by atoms with Gasteiger partial charge in [-0.3, -0.25) is 9.59 Å². The molecule has 6 atom stereocenters. The van der Waals surface area contributed by atoms with Crippen LogP contribution in [-0.4, -0.2) is 17.9 Å². The van der Waals surface area contributed by atoms with Crippen LogP contribution in [0.15, 0.2) is 11.6 Å². The summed E-state index contributed by atoms with van der Waals surface area (Å²) >= 11 is 0. The molecule has 0 heterocycles. The van der Waals surface area contributed by atoms with Crippen molar-refractivity contribution in [2.24, 2.45) is 28.6 Å². The van der Waals surface area contributed by atoms with Crippen LogP contribution in [0.4, 0.5) is 0 Å². The minimum atomic E-state index is 0. The molecular formula is C26H41NaO3. The standard InChI is InChI=1S/C26H40O3.Na.H/c1-4-5-6-7-8-24(28)29-23-12-11-21-20-10-9-18-17-19(27)13-15-25(18,2)22(20)14-16-26(21,23)3;;/h17,20-23H,4-16H2,1-3H3;;/q;+1;-1/t20-,21-,22-,23-,25-,26-;;/m0../s1. The summed E-state index contributed by atoms with van der Waals surface area (Å²) in [5, 5.41) is 0. The van der Waals surface area contributed by atoms with E-state index in [0.29, 0.717) is 24.0 Å². The van der Waals surface area contributed by atoms with E-state index in [1.165, 1.54) is 44.1 Å². The maximum Gasteiger partial charge on any atom is 1.00 e. The van der Waals surface area contributed by atoms with Crippen LogP contribution in [0.1, 0.15) is 106 Å². The van der Waals surface area contributed by atoms with Crippen molar-refractivity contribution in [3.63, 3.8) is 0 Å². The van der Waals surface area contributed by atoms with Crippen molar-refractivity contribution in [2.75, 3.05) is 0 Å². The van der Waals surface area contributed by atoms with E-state index in [9.17, 15) is 9.59 Å². The average Bonchev–Trinajstić information content (AvgIpc) is 3.02. The zero-order chi connectivity index (χ0) is 20.6. The molecule has 4 heteroatoms. The number of esters is 1. The molecule has 0 aromatic heterocycles. The molecule has 0 aromatic carbocycles. The molecule has 0 radical (unpaired) electrons. The van der Waals surface area contributed by atoms with E-state index in [2.05, 4.69) is 20.8 Å². The fourth-order valence-electron chi connectivity index (χ4n) is 7.62. The summed E-state index contributed by atoms with van der Waals surface area (Å²) in [6.45, 7) is 7.05. The Kier molecular flexibility index (Phi) is 8.00. The first-order chi connectivity index (χ1) is 13.9. The van der Waals surface area contributed by atoms with Crippen LogP contribution in [0.2, 0.25) is 0 Å². The smallest absolute Gasteiger partial charge is 1.00 e. The van der Waals surface area contributed by atoms with Crippen molar-refractivity contribution >= 4 is 11.8 Å². The maximum atomic E-state index is 12.5. The summed E-state index contributed by atoms with van der Waals surface area (Å²) in [5.74, 6) is 2.48. The Balaban J connectivity index is 0.00000171. The Hall–Kier alpha value is -0.120. The van der Waals surface area contributed by atoms with E-state index < -0.39 is 0 Å². The van der Waals surface area contributed by atoms with Crippen molar-refractivity contribution in [3.05, 3.63) is 11.6 Å². The molecule has 0 saturated heterocycles. The second-order valence-electron chi connectivity index (χ2n) is 10.9. The summed E-state index contributed by atoms with van der Waals surface area (Å²) in [4.78, 5) is 24.5. The van der Waals surface area contributed by atoms with Gasteiger partial charge in [-0.05, 0) is 80.6 Å². The number of rotatable bonds is 6. The number of fused-ring (bicyclic) bond motifs is 5. The van der Waals surface area contributed by atoms with Crippen LogP contribution in [0.5, 0.6) is 0 Å². The molecule has 0 unspecified atom stereocenters. The fraction of sp³-hybridized carbons (Fsp3) is 0.846. The van der Waals surface area contributed by atoms with Crippen molar-refractivity contribution in [3.8, 4) is 0 Å². The first kappa shape index (κ1) is 24.5. The van der Waals surface area contributed by atoms with Gasteiger partial charge in [0.05, 0.1) is 0 Å². The molecule has 3 nitrogen and oxygen atoms in total. The van der Waals surface area contributed by atoms with Crippen molar-refractivity contribution in [1.82, 2.24) is 0 Å². The third-order valence-electron chi connectivity index (χ3n) is 9.38. The van der Waals surface area contributed by atoms with E-state index in [-0.39, 0.29) is 53.9 Å². The normalized spacial score (nSPS) is 39.8. The van der Waals surface area contributed by atoms with Crippen molar-refractivity contribution in [1.29, 1.82) is 0 Å². The fourth-order valence-corrected chi connectivity index (χ4v) is 7.62. The Labute approximate surface area is 206 Å². The molecule has 0 N–H and O–H groups in total. The summed E-state index contributed by atoms with van der Waals surface area (Å²) < 4.78 is 6.09. The third-order valence-corrected chi connectivity index (χ3v) is 9.38. The van der Waals surface area contributed by atoms with Crippen LogP contribution in [0.25, 0.3) is 0 Å². The number of carbonyl (C=O) groups is 2. The topological polar surface area (TPSA) is 43.4 Å². The monoisotopic (exact) mass is 424 g/mol. The van der Waals surface area contributed by atoms with E-state index in [4.69, 9.17) is 4.74 Å². The summed E-state index contributed by atoms with van der Waals surface area (Å²) in [7, 11) is 0. The molecule has 0 aromatic rings. The molecule has 3 fully saturated rings. The van der Waals surface area contributed by atoms with E-state index in [1.54, 1.807) is 0 Å². The molecule has 0 amide bonds. The largest absolute Gasteiger partial charge is 1.00 e. The van der Waals surface area contributed by atoms with Gasteiger partial charge in [-0.2, -0.15) is 0 Å². The zero-order valence-corrected chi connectivity index (χ0v) is 21.8. The molecule has 4 rings (SSSR count). The Morgan fingerprint density at radius 3 is 2.63 bits per heavy atom. The van der Waals surface area contributed by atoms with Crippen LogP contribution in [-0.2, 0) is 14.3 Å². The van der Waals surface area contributed by atoms with Crippen LogP contribution < -0.4 is 29.6 Å². The van der Waals surface area contributed by atoms with Crippen molar-refractivity contribution < 1.29 is 45.3 Å². The van der Waals surface area contributed by atoms with Gasteiger partial charge in [-0.1, -0.05) is 45.6 Å². The zero-order valence-electron chi connectivity index (χ0n) is 20.8. The first-order valence-electron chi connectivity index (χ1n) is 12.3. The summed E-state index contributed by atoms with van der Waals surface area (Å²) in [5.41, 5.74) is 1.82. The molecular weight excluding hydrogens is 383 g/mol. The van der Waals surface area contributed by atoms with Gasteiger partial charge in [0.25, 0.3) is 0 Å². The Morgan fingerprint density at radius 2 is 1.87 bits per heavy atom. The third kappa shape index (κ3) is 4.37. The summed E-state index contributed by atoms with van der Waals surface area (Å²) in [6, 6.07) is 0. The minimum absolute atomic E-state index is 0. The predicted octanol–water partition coefficient (Wildman–Crippen LogP) is 3.52. The van der Waals surface area contributed by atoms with Gasteiger partial charge in [0.2, 0.25) is 0 Å². The quantitative estimate of drug-likeness (QED) is 0.372. The molecule has 3 saturated carbocycles. The number of hydrogen-bond donors (Lipinski definition) is 0. The van der Waals surface area contributed by atoms with Gasteiger partial charge in [-0.15, -0.1) is 0 Å². The van der Waals surface area contributed by atoms with E-state index >= 15 is 0 Å². The Bertz CT molecular complexity index is 692. The average molecular weight is 425 g/mol. The number of allylic oxidation sites excluding steroid dienone is 1. The number of ketones is 1. The van der Waals surface area contributed by atoms with Gasteiger partial charge in [0, 0.05) is 18.3 Å². The number of hydrogen-bond acceptors (Lipinski definition) is 3. The minimum Gasteiger partial charge on any atom is -1.00 e. The molecule has 4 aliphatic rings. The number of ether oxygens (including phenoxy) is 1. The van der Waals surface area contributed by atoms with Crippen LogP contribution >= 0.6 is 0 Å². The van der Waals surface area contributed by atoms with Crippen LogP contribution in [0.3, 0.4) is 0 Å². The Morgan fingerprint density at radius 1 is 1.07 bits per heavy atom. The molecule has 0 spiro atoms. The van der Waals surface area contributed by atoms with Crippen molar-refractivity contribution in [2.45, 2.75) is 110 Å². The van der Waals surface area contributed by atoms with Gasteiger partial charge in [0.15, 0.2) is 5.78 Å². The predicted molar refractivity (Wildman–Crippen MR) is 116 cm³/mol. The molecule has 164 valence electrons. The van der Waals surface area contributed by atoms with Gasteiger partial charge < -0.3 is 6.16 Å². The van der Waals surface area contributed by atoms with Crippen LogP contribution in [0, 0.1) is 28.6 Å². The van der Waals surface area contributed by atoms with Gasteiger partial charge in [0.1, 0.15) is 6.10 Å². The summed E-state index contributed by atoms with van der Waals surface area (Å²) in [6.07, 6.45) is 15.9. The SMILES string of the molecule is CCCCCCC(=O)O[C@H]1CC[C@H]2[C@@H]3CCC4=CC(=O)CC[C@]4(C)[C@H]3CC[C@]12C.[H-].[Na+]. The van der Waals surface area contributed by atoms with E-state index in [1.807, 2.05) is 6.08 Å². The molecule has 4 aliphatic carbocycles. The first-order valence-corrected chi connectivity index (χ1v) is 12.3. The second-order valence-corrected chi connectivity index (χ2v) is 10.9. The van der Waals surface area contributed by atoms with Gasteiger partial charge >= 0.3 is 35.5 Å². The van der Waals surface area contributed by atoms with E-state index in [0.717, 1.165) is 44.4 Å².